The van der Waals surface area contributed by atoms with Gasteiger partial charge in [-0.15, -0.1) is 21.5 Å². The molecule has 128 valence electrons. The van der Waals surface area contributed by atoms with Crippen molar-refractivity contribution in [3.63, 3.8) is 0 Å². The highest BCUT2D eigenvalue weighted by molar-refractivity contribution is 7.13. The number of halogens is 4. The molecule has 0 atom stereocenters. The zero-order chi connectivity index (χ0) is 17.8. The second kappa shape index (κ2) is 5.53. The fraction of sp³-hybridized carbons (Fsp3) is 0.143. The second-order valence-electron chi connectivity index (χ2n) is 5.07. The Bertz CT molecular complexity index is 1070. The summed E-state index contributed by atoms with van der Waals surface area (Å²) in [6.07, 6.45) is -4.62. The van der Waals surface area contributed by atoms with Crippen molar-refractivity contribution in [2.75, 3.05) is 0 Å². The first-order chi connectivity index (χ1) is 11.8. The Kier molecular flexibility index (Phi) is 3.55. The van der Waals surface area contributed by atoms with E-state index >= 15 is 0 Å². The monoisotopic (exact) mass is 385 g/mol. The fourth-order valence-corrected chi connectivity index (χ4v) is 3.16. The van der Waals surface area contributed by atoms with Gasteiger partial charge in [0.25, 0.3) is 11.8 Å². The zero-order valence-corrected chi connectivity index (χ0v) is 13.9. The first kappa shape index (κ1) is 16.0. The first-order valence-corrected chi connectivity index (χ1v) is 8.11. The SMILES string of the molecule is Cc1cc(C(F)(F)F)n2nc(-c3nnc(-c4cccs4)o3)c(Cl)c2n1. The van der Waals surface area contributed by atoms with E-state index in [1.54, 1.807) is 6.07 Å². The van der Waals surface area contributed by atoms with Crippen LogP contribution in [0.4, 0.5) is 13.2 Å². The molecule has 6 nitrogen and oxygen atoms in total. The Hall–Kier alpha value is -2.46. The van der Waals surface area contributed by atoms with E-state index in [2.05, 4.69) is 20.3 Å². The van der Waals surface area contributed by atoms with Crippen molar-refractivity contribution in [1.82, 2.24) is 24.8 Å². The van der Waals surface area contributed by atoms with Crippen LogP contribution in [0.1, 0.15) is 11.4 Å². The maximum Gasteiger partial charge on any atom is 0.433 e. The Morgan fingerprint density at radius 2 is 2.00 bits per heavy atom. The Labute approximate surface area is 146 Å². The third-order valence-electron chi connectivity index (χ3n) is 3.31. The van der Waals surface area contributed by atoms with Crippen LogP contribution < -0.4 is 0 Å². The Morgan fingerprint density at radius 3 is 2.68 bits per heavy atom. The van der Waals surface area contributed by atoms with Crippen LogP contribution in [0.25, 0.3) is 28.0 Å². The lowest BCUT2D eigenvalue weighted by Gasteiger charge is -2.09. The molecule has 4 aromatic rings. The highest BCUT2D eigenvalue weighted by atomic mass is 35.5. The van der Waals surface area contributed by atoms with Crippen LogP contribution in [0.3, 0.4) is 0 Å². The normalized spacial score (nSPS) is 12.2. The van der Waals surface area contributed by atoms with E-state index in [9.17, 15) is 13.2 Å². The number of thiophene rings is 1. The van der Waals surface area contributed by atoms with Crippen LogP contribution in [0.5, 0.6) is 0 Å². The van der Waals surface area contributed by atoms with Gasteiger partial charge in [0.2, 0.25) is 0 Å². The summed E-state index contributed by atoms with van der Waals surface area (Å²) in [5, 5.41) is 13.4. The van der Waals surface area contributed by atoms with E-state index in [4.69, 9.17) is 16.0 Å². The summed E-state index contributed by atoms with van der Waals surface area (Å²) in [6, 6.07) is 4.48. The molecule has 11 heteroatoms. The van der Waals surface area contributed by atoms with Gasteiger partial charge in [0.15, 0.2) is 11.3 Å². The third kappa shape index (κ3) is 2.67. The number of rotatable bonds is 2. The molecule has 4 rings (SSSR count). The van der Waals surface area contributed by atoms with Gasteiger partial charge in [-0.2, -0.15) is 18.3 Å². The molecule has 0 fully saturated rings. The molecule has 0 aromatic carbocycles. The predicted octanol–water partition coefficient (Wildman–Crippen LogP) is 4.49. The molecular formula is C14H7ClF3N5OS. The van der Waals surface area contributed by atoms with E-state index in [0.29, 0.717) is 4.52 Å². The minimum Gasteiger partial charge on any atom is -0.414 e. The van der Waals surface area contributed by atoms with Gasteiger partial charge in [0.05, 0.1) is 4.88 Å². The van der Waals surface area contributed by atoms with Gasteiger partial charge in [0, 0.05) is 5.69 Å². The number of nitrogens with zero attached hydrogens (tertiary/aromatic N) is 5. The maximum atomic E-state index is 13.2. The summed E-state index contributed by atoms with van der Waals surface area (Å²) in [4.78, 5) is 4.76. The number of hydrogen-bond donors (Lipinski definition) is 0. The highest BCUT2D eigenvalue weighted by Crippen LogP contribution is 2.35. The predicted molar refractivity (Wildman–Crippen MR) is 84.3 cm³/mol. The number of aryl methyl sites for hydroxylation is 1. The summed E-state index contributed by atoms with van der Waals surface area (Å²) in [6.45, 7) is 1.44. The zero-order valence-electron chi connectivity index (χ0n) is 12.4. The molecule has 0 spiro atoms. The summed E-state index contributed by atoms with van der Waals surface area (Å²) < 4.78 is 45.9. The Balaban J connectivity index is 1.90. The van der Waals surface area contributed by atoms with Gasteiger partial charge in [-0.05, 0) is 24.4 Å². The standard InChI is InChI=1S/C14H7ClF3N5OS/c1-6-5-8(14(16,17)18)23-11(19-6)9(15)10(22-23)13-21-20-12(24-13)7-3-2-4-25-7/h2-5H,1H3. The minimum absolute atomic E-state index is 0.0550. The fourth-order valence-electron chi connectivity index (χ4n) is 2.27. The molecular weight excluding hydrogens is 379 g/mol. The molecule has 4 heterocycles. The van der Waals surface area contributed by atoms with E-state index in [-0.39, 0.29) is 33.8 Å². The quantitative estimate of drug-likeness (QED) is 0.508. The van der Waals surface area contributed by atoms with Crippen LogP contribution in [0.15, 0.2) is 28.0 Å². The lowest BCUT2D eigenvalue weighted by molar-refractivity contribution is -0.142. The number of alkyl halides is 3. The molecule has 0 aliphatic carbocycles. The van der Waals surface area contributed by atoms with Crippen LogP contribution in [-0.2, 0) is 6.18 Å². The van der Waals surface area contributed by atoms with Crippen LogP contribution in [0.2, 0.25) is 5.02 Å². The van der Waals surface area contributed by atoms with Crippen molar-refractivity contribution in [3.05, 3.63) is 40.0 Å². The lowest BCUT2D eigenvalue weighted by Crippen LogP contribution is -2.13. The molecule has 0 aliphatic rings. The molecule has 25 heavy (non-hydrogen) atoms. The van der Waals surface area contributed by atoms with Crippen molar-refractivity contribution in [2.45, 2.75) is 13.1 Å². The van der Waals surface area contributed by atoms with Gasteiger partial charge in [-0.1, -0.05) is 17.7 Å². The average Bonchev–Trinajstić information content (AvgIpc) is 3.25. The maximum absolute atomic E-state index is 13.2. The van der Waals surface area contributed by atoms with Crippen LogP contribution in [-0.4, -0.2) is 24.8 Å². The van der Waals surface area contributed by atoms with Crippen molar-refractivity contribution in [2.24, 2.45) is 0 Å². The van der Waals surface area contributed by atoms with E-state index in [1.807, 2.05) is 11.4 Å². The van der Waals surface area contributed by atoms with Gasteiger partial charge in [-0.3, -0.25) is 0 Å². The van der Waals surface area contributed by atoms with Crippen LogP contribution >= 0.6 is 22.9 Å². The van der Waals surface area contributed by atoms with E-state index in [1.165, 1.54) is 18.3 Å². The smallest absolute Gasteiger partial charge is 0.414 e. The number of hydrogen-bond acceptors (Lipinski definition) is 6. The topological polar surface area (TPSA) is 69.1 Å². The number of aromatic nitrogens is 5. The summed E-state index contributed by atoms with van der Waals surface area (Å²) in [5.74, 6) is 0.156. The largest absolute Gasteiger partial charge is 0.433 e. The minimum atomic E-state index is -4.62. The molecule has 0 unspecified atom stereocenters. The molecule has 0 amide bonds. The van der Waals surface area contributed by atoms with Crippen molar-refractivity contribution >= 4 is 28.6 Å². The molecule has 0 saturated carbocycles. The van der Waals surface area contributed by atoms with Crippen LogP contribution in [0, 0.1) is 6.92 Å². The van der Waals surface area contributed by atoms with Crippen molar-refractivity contribution < 1.29 is 17.6 Å². The lowest BCUT2D eigenvalue weighted by atomic mass is 10.3. The molecule has 0 bridgehead atoms. The summed E-state index contributed by atoms with van der Waals surface area (Å²) in [7, 11) is 0. The molecule has 0 radical (unpaired) electrons. The van der Waals surface area contributed by atoms with E-state index in [0.717, 1.165) is 10.9 Å². The van der Waals surface area contributed by atoms with Gasteiger partial charge in [-0.25, -0.2) is 9.50 Å². The molecule has 4 aromatic heterocycles. The molecule has 0 aliphatic heterocycles. The Morgan fingerprint density at radius 1 is 1.24 bits per heavy atom. The average molecular weight is 386 g/mol. The molecule has 0 saturated heterocycles. The third-order valence-corrected chi connectivity index (χ3v) is 4.52. The second-order valence-corrected chi connectivity index (χ2v) is 6.39. The summed E-state index contributed by atoms with van der Waals surface area (Å²) in [5.41, 5.74) is -1.00. The first-order valence-electron chi connectivity index (χ1n) is 6.85. The summed E-state index contributed by atoms with van der Waals surface area (Å²) >= 11 is 7.57. The van der Waals surface area contributed by atoms with E-state index < -0.39 is 11.9 Å². The van der Waals surface area contributed by atoms with Gasteiger partial charge in [0.1, 0.15) is 10.7 Å². The molecule has 0 N–H and O–H groups in total. The highest BCUT2D eigenvalue weighted by Gasteiger charge is 2.36. The van der Waals surface area contributed by atoms with Crippen molar-refractivity contribution in [3.8, 4) is 22.4 Å². The van der Waals surface area contributed by atoms with Crippen molar-refractivity contribution in [1.29, 1.82) is 0 Å². The van der Waals surface area contributed by atoms with Gasteiger partial charge >= 0.3 is 6.18 Å². The number of fused-ring (bicyclic) bond motifs is 1. The van der Waals surface area contributed by atoms with Gasteiger partial charge < -0.3 is 4.42 Å².